The first-order valence-corrected chi connectivity index (χ1v) is 10.7. The molecule has 1 aliphatic rings. The number of benzene rings is 1. The summed E-state index contributed by atoms with van der Waals surface area (Å²) in [5, 5.41) is 6.76. The Morgan fingerprint density at radius 2 is 1.97 bits per heavy atom. The van der Waals surface area contributed by atoms with Gasteiger partial charge in [0.05, 0.1) is 7.11 Å². The van der Waals surface area contributed by atoms with E-state index in [4.69, 9.17) is 9.47 Å². The Bertz CT molecular complexity index is 665. The third-order valence-electron chi connectivity index (χ3n) is 5.65. The van der Waals surface area contributed by atoms with Crippen molar-refractivity contribution in [2.75, 3.05) is 40.5 Å². The molecule has 0 atom stereocenters. The first kappa shape index (κ1) is 24.2. The summed E-state index contributed by atoms with van der Waals surface area (Å²) in [6.07, 6.45) is 6.65. The van der Waals surface area contributed by atoms with Crippen LogP contribution in [0.3, 0.4) is 0 Å². The van der Waals surface area contributed by atoms with Crippen molar-refractivity contribution in [3.05, 3.63) is 23.8 Å². The number of nitrogens with one attached hydrogen (secondary N) is 2. The van der Waals surface area contributed by atoms with E-state index in [0.29, 0.717) is 18.7 Å². The summed E-state index contributed by atoms with van der Waals surface area (Å²) in [4.78, 5) is 4.31. The van der Waals surface area contributed by atoms with Gasteiger partial charge in [0.2, 0.25) is 0 Å². The number of alkyl halides is 2. The van der Waals surface area contributed by atoms with Gasteiger partial charge in [-0.3, -0.25) is 4.99 Å². The van der Waals surface area contributed by atoms with Crippen molar-refractivity contribution >= 4 is 5.96 Å². The molecule has 6 nitrogen and oxygen atoms in total. The van der Waals surface area contributed by atoms with Gasteiger partial charge in [-0.25, -0.2) is 0 Å². The Balaban J connectivity index is 1.84. The van der Waals surface area contributed by atoms with Crippen LogP contribution in [0.25, 0.3) is 0 Å². The van der Waals surface area contributed by atoms with Gasteiger partial charge in [0.25, 0.3) is 0 Å². The third-order valence-corrected chi connectivity index (χ3v) is 5.65. The molecule has 1 aromatic rings. The zero-order chi connectivity index (χ0) is 21.8. The van der Waals surface area contributed by atoms with E-state index < -0.39 is 6.61 Å². The minimum Gasteiger partial charge on any atom is -0.493 e. The minimum atomic E-state index is -2.89. The van der Waals surface area contributed by atoms with Crippen LogP contribution in [0.2, 0.25) is 0 Å². The second-order valence-corrected chi connectivity index (χ2v) is 7.62. The second-order valence-electron chi connectivity index (χ2n) is 7.62. The molecule has 0 amide bonds. The molecule has 30 heavy (non-hydrogen) atoms. The number of nitrogens with zero attached hydrogens (tertiary/aromatic N) is 1. The van der Waals surface area contributed by atoms with Crippen LogP contribution in [-0.4, -0.2) is 53.0 Å². The highest BCUT2D eigenvalue weighted by Gasteiger charge is 2.33. The molecular weight excluding hydrogens is 392 g/mol. The zero-order valence-corrected chi connectivity index (χ0v) is 18.3. The highest BCUT2D eigenvalue weighted by molar-refractivity contribution is 5.79. The molecule has 1 aromatic carbocycles. The molecule has 0 aliphatic heterocycles. The Hall–Kier alpha value is -2.09. The summed E-state index contributed by atoms with van der Waals surface area (Å²) < 4.78 is 40.4. The number of rotatable bonds is 12. The van der Waals surface area contributed by atoms with Crippen LogP contribution in [0.4, 0.5) is 8.78 Å². The molecule has 2 rings (SSSR count). The molecule has 0 unspecified atom stereocenters. The highest BCUT2D eigenvalue weighted by atomic mass is 19.3. The standard InChI is InChI=1S/C22H35F2N3O3/c1-4-29-14-12-22(10-5-6-11-22)16-27-21(25-2)26-13-9-17-7-8-18(28-3)19(15-17)30-20(23)24/h7-8,15,20H,4-6,9-14,16H2,1-3H3,(H2,25,26,27). The van der Waals surface area contributed by atoms with Crippen molar-refractivity contribution in [1.29, 1.82) is 0 Å². The van der Waals surface area contributed by atoms with Crippen LogP contribution >= 0.6 is 0 Å². The molecule has 0 heterocycles. The molecular formula is C22H35F2N3O3. The van der Waals surface area contributed by atoms with Crippen molar-refractivity contribution in [3.63, 3.8) is 0 Å². The summed E-state index contributed by atoms with van der Waals surface area (Å²) in [6.45, 7) is 2.17. The molecule has 0 bridgehead atoms. The van der Waals surface area contributed by atoms with Crippen molar-refractivity contribution < 1.29 is 23.0 Å². The largest absolute Gasteiger partial charge is 0.493 e. The number of halogens is 2. The molecule has 1 fully saturated rings. The maximum Gasteiger partial charge on any atom is 0.387 e. The Morgan fingerprint density at radius 3 is 2.60 bits per heavy atom. The Morgan fingerprint density at radius 1 is 1.20 bits per heavy atom. The molecule has 8 heteroatoms. The van der Waals surface area contributed by atoms with E-state index in [2.05, 4.69) is 20.4 Å². The van der Waals surface area contributed by atoms with Gasteiger partial charge in [0.15, 0.2) is 17.5 Å². The lowest BCUT2D eigenvalue weighted by Crippen LogP contribution is -2.44. The smallest absolute Gasteiger partial charge is 0.387 e. The number of hydrogen-bond donors (Lipinski definition) is 2. The quantitative estimate of drug-likeness (QED) is 0.300. The number of ether oxygens (including phenoxy) is 3. The second kappa shape index (κ2) is 12.6. The van der Waals surface area contributed by atoms with Crippen LogP contribution < -0.4 is 20.1 Å². The minimum absolute atomic E-state index is 0.0463. The van der Waals surface area contributed by atoms with Crippen molar-refractivity contribution in [2.24, 2.45) is 10.4 Å². The van der Waals surface area contributed by atoms with Gasteiger partial charge in [-0.1, -0.05) is 18.9 Å². The summed E-state index contributed by atoms with van der Waals surface area (Å²) in [7, 11) is 3.18. The summed E-state index contributed by atoms with van der Waals surface area (Å²) in [5.74, 6) is 1.08. The molecule has 0 saturated heterocycles. The molecule has 0 spiro atoms. The maximum atomic E-state index is 12.6. The fourth-order valence-corrected chi connectivity index (χ4v) is 3.95. The fraction of sp³-hybridized carbons (Fsp3) is 0.682. The lowest BCUT2D eigenvalue weighted by Gasteiger charge is -2.30. The van der Waals surface area contributed by atoms with E-state index in [1.54, 1.807) is 19.2 Å². The first-order chi connectivity index (χ1) is 14.5. The van der Waals surface area contributed by atoms with Gasteiger partial charge < -0.3 is 24.8 Å². The molecule has 170 valence electrons. The topological polar surface area (TPSA) is 64.1 Å². The van der Waals surface area contributed by atoms with Crippen LogP contribution in [0, 0.1) is 5.41 Å². The van der Waals surface area contributed by atoms with E-state index in [9.17, 15) is 8.78 Å². The lowest BCUT2D eigenvalue weighted by atomic mass is 9.83. The molecule has 2 N–H and O–H groups in total. The maximum absolute atomic E-state index is 12.6. The van der Waals surface area contributed by atoms with Crippen LogP contribution in [0.1, 0.15) is 44.6 Å². The van der Waals surface area contributed by atoms with Crippen LogP contribution in [-0.2, 0) is 11.2 Å². The van der Waals surface area contributed by atoms with Crippen LogP contribution in [0.15, 0.2) is 23.2 Å². The molecule has 0 radical (unpaired) electrons. The van der Waals surface area contributed by atoms with Crippen molar-refractivity contribution in [3.8, 4) is 11.5 Å². The molecule has 1 saturated carbocycles. The first-order valence-electron chi connectivity index (χ1n) is 10.7. The predicted molar refractivity (Wildman–Crippen MR) is 115 cm³/mol. The Kier molecular flexibility index (Phi) is 10.1. The summed E-state index contributed by atoms with van der Waals surface area (Å²) in [5.41, 5.74) is 1.14. The summed E-state index contributed by atoms with van der Waals surface area (Å²) >= 11 is 0. The number of hydrogen-bond acceptors (Lipinski definition) is 4. The zero-order valence-electron chi connectivity index (χ0n) is 18.3. The average molecular weight is 428 g/mol. The monoisotopic (exact) mass is 427 g/mol. The molecule has 0 aromatic heterocycles. The van der Waals surface area contributed by atoms with E-state index in [0.717, 1.165) is 37.7 Å². The van der Waals surface area contributed by atoms with Gasteiger partial charge in [0, 0.05) is 33.4 Å². The van der Waals surface area contributed by atoms with Gasteiger partial charge in [-0.15, -0.1) is 0 Å². The van der Waals surface area contributed by atoms with Gasteiger partial charge >= 0.3 is 6.61 Å². The molecule has 1 aliphatic carbocycles. The van der Waals surface area contributed by atoms with Crippen molar-refractivity contribution in [1.82, 2.24) is 10.6 Å². The van der Waals surface area contributed by atoms with Gasteiger partial charge in [0.1, 0.15) is 0 Å². The number of methoxy groups -OCH3 is 1. The summed E-state index contributed by atoms with van der Waals surface area (Å²) in [6, 6.07) is 5.07. The fourth-order valence-electron chi connectivity index (χ4n) is 3.95. The third kappa shape index (κ3) is 7.63. The number of aliphatic imine (C=N–C) groups is 1. The number of guanidine groups is 1. The lowest BCUT2D eigenvalue weighted by molar-refractivity contribution is -0.0512. The van der Waals surface area contributed by atoms with E-state index in [1.807, 2.05) is 13.0 Å². The van der Waals surface area contributed by atoms with E-state index >= 15 is 0 Å². The van der Waals surface area contributed by atoms with Gasteiger partial charge in [-0.2, -0.15) is 8.78 Å². The van der Waals surface area contributed by atoms with Crippen molar-refractivity contribution in [2.45, 2.75) is 52.1 Å². The van der Waals surface area contributed by atoms with E-state index in [1.165, 1.54) is 32.8 Å². The highest BCUT2D eigenvalue weighted by Crippen LogP contribution is 2.40. The normalized spacial score (nSPS) is 16.0. The predicted octanol–water partition coefficient (Wildman–Crippen LogP) is 3.99. The Labute approximate surface area is 178 Å². The SMILES string of the molecule is CCOCCC1(CNC(=NC)NCCc2ccc(OC)c(OC(F)F)c2)CCCC1. The van der Waals surface area contributed by atoms with Gasteiger partial charge in [-0.05, 0) is 55.7 Å². The van der Waals surface area contributed by atoms with Crippen LogP contribution in [0.5, 0.6) is 11.5 Å². The average Bonchev–Trinajstić information content (AvgIpc) is 3.19. The van der Waals surface area contributed by atoms with E-state index in [-0.39, 0.29) is 11.2 Å².